The SMILES string of the molecule is C=C[C@@]1(NC(C#N)C2(C)CCCCC2)C=CC=CC1O. The number of hydrogen-bond acceptors (Lipinski definition) is 3. The van der Waals surface area contributed by atoms with Crippen LogP contribution in [0.3, 0.4) is 0 Å². The molecule has 0 heterocycles. The Kier molecular flexibility index (Phi) is 4.47. The smallest absolute Gasteiger partial charge is 0.102 e. The van der Waals surface area contributed by atoms with Crippen LogP contribution < -0.4 is 5.32 Å². The van der Waals surface area contributed by atoms with Gasteiger partial charge < -0.3 is 5.11 Å². The highest BCUT2D eigenvalue weighted by atomic mass is 16.3. The molecular weight excluding hydrogens is 248 g/mol. The molecule has 0 saturated heterocycles. The monoisotopic (exact) mass is 272 g/mol. The van der Waals surface area contributed by atoms with Crippen LogP contribution in [0.4, 0.5) is 0 Å². The molecule has 1 fully saturated rings. The maximum Gasteiger partial charge on any atom is 0.102 e. The Morgan fingerprint density at radius 2 is 2.10 bits per heavy atom. The number of nitriles is 1. The van der Waals surface area contributed by atoms with E-state index in [1.165, 1.54) is 19.3 Å². The number of nitrogens with one attached hydrogen (secondary N) is 1. The van der Waals surface area contributed by atoms with E-state index in [2.05, 4.69) is 24.9 Å². The molecule has 2 N–H and O–H groups in total. The van der Waals surface area contributed by atoms with Crippen molar-refractivity contribution in [2.45, 2.75) is 56.7 Å². The highest BCUT2D eigenvalue weighted by Crippen LogP contribution is 2.39. The van der Waals surface area contributed by atoms with E-state index in [4.69, 9.17) is 0 Å². The molecule has 0 aliphatic heterocycles. The van der Waals surface area contributed by atoms with Crippen molar-refractivity contribution in [2.24, 2.45) is 5.41 Å². The third-order valence-corrected chi connectivity index (χ3v) is 4.82. The molecule has 2 aliphatic rings. The van der Waals surface area contributed by atoms with Crippen LogP contribution in [0.1, 0.15) is 39.0 Å². The van der Waals surface area contributed by atoms with Gasteiger partial charge in [-0.25, -0.2) is 0 Å². The maximum absolute atomic E-state index is 10.3. The number of hydrogen-bond donors (Lipinski definition) is 2. The molecule has 2 aliphatic carbocycles. The molecule has 3 heteroatoms. The Balaban J connectivity index is 2.21. The Labute approximate surface area is 121 Å². The molecule has 0 aromatic rings. The first kappa shape index (κ1) is 15.0. The average molecular weight is 272 g/mol. The third kappa shape index (κ3) is 2.72. The van der Waals surface area contributed by atoms with Gasteiger partial charge in [0.1, 0.15) is 6.04 Å². The van der Waals surface area contributed by atoms with Gasteiger partial charge in [0.15, 0.2) is 0 Å². The van der Waals surface area contributed by atoms with Crippen LogP contribution in [-0.2, 0) is 0 Å². The van der Waals surface area contributed by atoms with E-state index < -0.39 is 11.6 Å². The zero-order chi connectivity index (χ0) is 14.6. The lowest BCUT2D eigenvalue weighted by Gasteiger charge is -2.43. The first-order valence-corrected chi connectivity index (χ1v) is 7.41. The fraction of sp³-hybridized carbons (Fsp3) is 0.588. The Morgan fingerprint density at radius 1 is 1.40 bits per heavy atom. The highest BCUT2D eigenvalue weighted by molar-refractivity contribution is 5.32. The van der Waals surface area contributed by atoms with Gasteiger partial charge in [0.25, 0.3) is 0 Å². The Bertz CT molecular complexity index is 454. The van der Waals surface area contributed by atoms with Gasteiger partial charge in [-0.3, -0.25) is 5.32 Å². The second-order valence-corrected chi connectivity index (χ2v) is 6.25. The second kappa shape index (κ2) is 5.95. The lowest BCUT2D eigenvalue weighted by molar-refractivity contribution is 0.109. The first-order chi connectivity index (χ1) is 9.56. The van der Waals surface area contributed by atoms with Gasteiger partial charge in [-0.1, -0.05) is 56.6 Å². The molecule has 2 unspecified atom stereocenters. The van der Waals surface area contributed by atoms with Crippen molar-refractivity contribution >= 4 is 0 Å². The van der Waals surface area contributed by atoms with Gasteiger partial charge >= 0.3 is 0 Å². The fourth-order valence-corrected chi connectivity index (χ4v) is 3.28. The largest absolute Gasteiger partial charge is 0.386 e. The lowest BCUT2D eigenvalue weighted by atomic mass is 9.70. The minimum absolute atomic E-state index is 0.0300. The van der Waals surface area contributed by atoms with Crippen LogP contribution in [-0.4, -0.2) is 22.8 Å². The fourth-order valence-electron chi connectivity index (χ4n) is 3.28. The number of nitrogens with zero attached hydrogens (tertiary/aromatic N) is 1. The number of rotatable bonds is 4. The van der Waals surface area contributed by atoms with E-state index in [0.29, 0.717) is 0 Å². The summed E-state index contributed by atoms with van der Waals surface area (Å²) in [7, 11) is 0. The molecule has 0 aromatic carbocycles. The molecule has 3 atom stereocenters. The van der Waals surface area contributed by atoms with Crippen molar-refractivity contribution in [3.8, 4) is 6.07 Å². The Morgan fingerprint density at radius 3 is 2.65 bits per heavy atom. The van der Waals surface area contributed by atoms with E-state index in [0.717, 1.165) is 12.8 Å². The molecule has 3 nitrogen and oxygen atoms in total. The normalized spacial score (nSPS) is 33.4. The maximum atomic E-state index is 10.3. The van der Waals surface area contributed by atoms with Crippen LogP contribution in [0.2, 0.25) is 0 Å². The molecular formula is C17H24N2O. The van der Waals surface area contributed by atoms with E-state index in [-0.39, 0.29) is 11.5 Å². The topological polar surface area (TPSA) is 56.0 Å². The van der Waals surface area contributed by atoms with Gasteiger partial charge in [-0.15, -0.1) is 6.58 Å². The van der Waals surface area contributed by atoms with Gasteiger partial charge in [0, 0.05) is 0 Å². The predicted octanol–water partition coefficient (Wildman–Crippen LogP) is 2.85. The molecule has 20 heavy (non-hydrogen) atoms. The standard InChI is InChI=1S/C17H24N2O/c1-3-17(12-8-5-9-15(17)20)19-14(13-18)16(2)10-6-4-7-11-16/h3,5,8-9,12,14-15,19-20H,1,4,6-7,10-11H2,2H3/t14?,15?,17-/m1/s1. The van der Waals surface area contributed by atoms with Crippen molar-refractivity contribution in [3.63, 3.8) is 0 Å². The van der Waals surface area contributed by atoms with Crippen LogP contribution in [0.25, 0.3) is 0 Å². The van der Waals surface area contributed by atoms with Gasteiger partial charge in [-0.2, -0.15) is 5.26 Å². The number of aliphatic hydroxyl groups is 1. The minimum Gasteiger partial charge on any atom is -0.386 e. The van der Waals surface area contributed by atoms with Crippen molar-refractivity contribution in [1.29, 1.82) is 5.26 Å². The van der Waals surface area contributed by atoms with Crippen LogP contribution in [0.5, 0.6) is 0 Å². The summed E-state index contributed by atoms with van der Waals surface area (Å²) in [5.74, 6) is 0. The molecule has 0 aromatic heterocycles. The van der Waals surface area contributed by atoms with E-state index in [1.54, 1.807) is 12.2 Å². The van der Waals surface area contributed by atoms with Crippen LogP contribution in [0, 0.1) is 16.7 Å². The van der Waals surface area contributed by atoms with Gasteiger partial charge in [-0.05, 0) is 18.3 Å². The second-order valence-electron chi connectivity index (χ2n) is 6.25. The first-order valence-electron chi connectivity index (χ1n) is 7.41. The van der Waals surface area contributed by atoms with Gasteiger partial charge in [0.05, 0.1) is 17.7 Å². The molecule has 108 valence electrons. The summed E-state index contributed by atoms with van der Waals surface area (Å²) in [4.78, 5) is 0. The van der Waals surface area contributed by atoms with Crippen LogP contribution >= 0.6 is 0 Å². The lowest BCUT2D eigenvalue weighted by Crippen LogP contribution is -2.59. The van der Waals surface area contributed by atoms with Crippen LogP contribution in [0.15, 0.2) is 37.0 Å². The average Bonchev–Trinajstić information content (AvgIpc) is 2.47. The molecule has 2 rings (SSSR count). The summed E-state index contributed by atoms with van der Waals surface area (Å²) in [6.45, 7) is 6.02. The summed E-state index contributed by atoms with van der Waals surface area (Å²) in [5.41, 5.74) is -0.771. The zero-order valence-electron chi connectivity index (χ0n) is 12.2. The quantitative estimate of drug-likeness (QED) is 0.774. The number of allylic oxidation sites excluding steroid dienone is 2. The zero-order valence-corrected chi connectivity index (χ0v) is 12.2. The summed E-state index contributed by atoms with van der Waals surface area (Å²) in [6, 6.07) is 2.13. The molecule has 0 bridgehead atoms. The Hall–Kier alpha value is -1.37. The van der Waals surface area contributed by atoms with E-state index in [1.807, 2.05) is 18.2 Å². The van der Waals surface area contributed by atoms with Crippen molar-refractivity contribution in [1.82, 2.24) is 5.32 Å². The molecule has 0 amide bonds. The van der Waals surface area contributed by atoms with E-state index >= 15 is 0 Å². The molecule has 1 saturated carbocycles. The summed E-state index contributed by atoms with van der Waals surface area (Å²) >= 11 is 0. The summed E-state index contributed by atoms with van der Waals surface area (Å²) in [5, 5.41) is 23.2. The van der Waals surface area contributed by atoms with Gasteiger partial charge in [0.2, 0.25) is 0 Å². The third-order valence-electron chi connectivity index (χ3n) is 4.82. The van der Waals surface area contributed by atoms with Crippen molar-refractivity contribution in [2.75, 3.05) is 0 Å². The molecule has 0 radical (unpaired) electrons. The van der Waals surface area contributed by atoms with Crippen molar-refractivity contribution < 1.29 is 5.11 Å². The number of aliphatic hydroxyl groups excluding tert-OH is 1. The molecule has 0 spiro atoms. The van der Waals surface area contributed by atoms with E-state index in [9.17, 15) is 10.4 Å². The predicted molar refractivity (Wildman–Crippen MR) is 80.9 cm³/mol. The highest BCUT2D eigenvalue weighted by Gasteiger charge is 2.42. The summed E-state index contributed by atoms with van der Waals surface area (Å²) in [6.07, 6.45) is 14.1. The summed E-state index contributed by atoms with van der Waals surface area (Å²) < 4.78 is 0. The van der Waals surface area contributed by atoms with Crippen molar-refractivity contribution in [3.05, 3.63) is 37.0 Å². The minimum atomic E-state index is -0.740.